The molecule has 2 saturated carbocycles. The van der Waals surface area contributed by atoms with Gasteiger partial charge >= 0.3 is 5.97 Å². The number of carbonyl (C=O) groups excluding carboxylic acids is 3. The predicted octanol–water partition coefficient (Wildman–Crippen LogP) is 3.57. The molecule has 0 spiro atoms. The zero-order chi connectivity index (χ0) is 18.7. The summed E-state index contributed by atoms with van der Waals surface area (Å²) in [6.07, 6.45) is 11.0. The lowest BCUT2D eigenvalue weighted by Gasteiger charge is -2.53. The molecule has 0 amide bonds. The van der Waals surface area contributed by atoms with Gasteiger partial charge < -0.3 is 4.74 Å². The third-order valence-corrected chi connectivity index (χ3v) is 7.49. The molecule has 0 saturated heterocycles. The van der Waals surface area contributed by atoms with Gasteiger partial charge in [0.05, 0.1) is 7.11 Å². The number of ketones is 2. The summed E-state index contributed by atoms with van der Waals surface area (Å²) in [5, 5.41) is 0. The number of esters is 1. The van der Waals surface area contributed by atoms with Crippen LogP contribution >= 0.6 is 0 Å². The van der Waals surface area contributed by atoms with Crippen LogP contribution in [0.15, 0.2) is 35.5 Å². The Balaban J connectivity index is 1.82. The van der Waals surface area contributed by atoms with Crippen LogP contribution in [-0.2, 0) is 19.1 Å². The second kappa shape index (κ2) is 5.77. The van der Waals surface area contributed by atoms with E-state index in [0.717, 1.165) is 18.4 Å². The topological polar surface area (TPSA) is 60.4 Å². The van der Waals surface area contributed by atoms with Crippen molar-refractivity contribution in [1.29, 1.82) is 0 Å². The van der Waals surface area contributed by atoms with Crippen molar-refractivity contribution in [2.45, 2.75) is 46.0 Å². The van der Waals surface area contributed by atoms with E-state index in [2.05, 4.69) is 19.9 Å². The van der Waals surface area contributed by atoms with E-state index in [0.29, 0.717) is 25.0 Å². The zero-order valence-corrected chi connectivity index (χ0v) is 15.7. The van der Waals surface area contributed by atoms with Gasteiger partial charge in [0.2, 0.25) is 0 Å². The van der Waals surface area contributed by atoms with Crippen LogP contribution in [-0.4, -0.2) is 24.6 Å². The summed E-state index contributed by atoms with van der Waals surface area (Å²) >= 11 is 0. The van der Waals surface area contributed by atoms with E-state index in [9.17, 15) is 14.4 Å². The highest BCUT2D eigenvalue weighted by molar-refractivity contribution is 6.01. The predicted molar refractivity (Wildman–Crippen MR) is 97.1 cm³/mol. The quantitative estimate of drug-likeness (QED) is 0.562. The molecule has 0 heterocycles. The van der Waals surface area contributed by atoms with Gasteiger partial charge in [-0.15, -0.1) is 0 Å². The molecule has 0 radical (unpaired) electrons. The van der Waals surface area contributed by atoms with E-state index in [4.69, 9.17) is 4.74 Å². The molecule has 4 aliphatic carbocycles. The van der Waals surface area contributed by atoms with E-state index in [-0.39, 0.29) is 40.3 Å². The third kappa shape index (κ3) is 2.30. The van der Waals surface area contributed by atoms with Crippen molar-refractivity contribution in [3.05, 3.63) is 35.5 Å². The summed E-state index contributed by atoms with van der Waals surface area (Å²) < 4.78 is 4.95. The van der Waals surface area contributed by atoms with Gasteiger partial charge in [0, 0.05) is 23.7 Å². The van der Waals surface area contributed by atoms with E-state index in [1.54, 1.807) is 12.2 Å². The first kappa shape index (κ1) is 17.4. The first-order chi connectivity index (χ1) is 12.3. The lowest BCUT2D eigenvalue weighted by molar-refractivity contribution is -0.142. The second-order valence-corrected chi connectivity index (χ2v) is 8.73. The second-order valence-electron chi connectivity index (χ2n) is 8.73. The molecule has 26 heavy (non-hydrogen) atoms. The molecular formula is C22H26O4. The number of hydrogen-bond donors (Lipinski definition) is 0. The summed E-state index contributed by atoms with van der Waals surface area (Å²) in [4.78, 5) is 36.7. The molecule has 138 valence electrons. The Morgan fingerprint density at radius 3 is 2.81 bits per heavy atom. The van der Waals surface area contributed by atoms with Gasteiger partial charge in [0.25, 0.3) is 0 Å². The van der Waals surface area contributed by atoms with Gasteiger partial charge in [-0.2, -0.15) is 0 Å². The number of allylic oxidation sites excluding steroid dienone is 6. The summed E-state index contributed by atoms with van der Waals surface area (Å²) in [6.45, 7) is 4.28. The van der Waals surface area contributed by atoms with Crippen LogP contribution in [0, 0.1) is 28.6 Å². The van der Waals surface area contributed by atoms with E-state index < -0.39 is 0 Å². The average Bonchev–Trinajstić information content (AvgIpc) is 2.91. The van der Waals surface area contributed by atoms with Gasteiger partial charge in [-0.25, -0.2) is 0 Å². The molecule has 0 N–H and O–H groups in total. The summed E-state index contributed by atoms with van der Waals surface area (Å²) in [7, 11) is 1.42. The fraction of sp³-hybridized carbons (Fsp3) is 0.591. The van der Waals surface area contributed by atoms with Crippen LogP contribution in [0.25, 0.3) is 0 Å². The Labute approximate surface area is 154 Å². The van der Waals surface area contributed by atoms with E-state index >= 15 is 0 Å². The van der Waals surface area contributed by atoms with Crippen molar-refractivity contribution in [2.24, 2.45) is 28.6 Å². The number of fused-ring (bicyclic) bond motifs is 5. The molecule has 4 heteroatoms. The monoisotopic (exact) mass is 354 g/mol. The van der Waals surface area contributed by atoms with Crippen LogP contribution in [0.1, 0.15) is 46.0 Å². The Morgan fingerprint density at radius 2 is 2.08 bits per heavy atom. The smallest absolute Gasteiger partial charge is 0.305 e. The Bertz CT molecular complexity index is 786. The van der Waals surface area contributed by atoms with E-state index in [1.165, 1.54) is 12.7 Å². The van der Waals surface area contributed by atoms with Gasteiger partial charge in [-0.3, -0.25) is 14.4 Å². The fourth-order valence-electron chi connectivity index (χ4n) is 5.94. The minimum absolute atomic E-state index is 0.0186. The van der Waals surface area contributed by atoms with Crippen molar-refractivity contribution < 1.29 is 19.1 Å². The zero-order valence-electron chi connectivity index (χ0n) is 15.7. The Morgan fingerprint density at radius 1 is 1.31 bits per heavy atom. The number of ether oxygens (including phenoxy) is 1. The highest BCUT2D eigenvalue weighted by Gasteiger charge is 2.58. The molecule has 0 aromatic carbocycles. The molecule has 4 aliphatic rings. The summed E-state index contributed by atoms with van der Waals surface area (Å²) in [6, 6.07) is 0. The number of methoxy groups -OCH3 is 1. The average molecular weight is 354 g/mol. The number of carbonyl (C=O) groups is 3. The maximum atomic E-state index is 12.6. The normalized spacial score (nSPS) is 41.0. The van der Waals surface area contributed by atoms with Crippen LogP contribution in [0.3, 0.4) is 0 Å². The van der Waals surface area contributed by atoms with Crippen LogP contribution in [0.4, 0.5) is 0 Å². The maximum Gasteiger partial charge on any atom is 0.305 e. The Hall–Kier alpha value is -1.97. The van der Waals surface area contributed by atoms with Crippen LogP contribution in [0.5, 0.6) is 0 Å². The maximum absolute atomic E-state index is 12.6. The van der Waals surface area contributed by atoms with Crippen LogP contribution in [0.2, 0.25) is 0 Å². The van der Waals surface area contributed by atoms with Crippen molar-refractivity contribution in [1.82, 2.24) is 0 Å². The van der Waals surface area contributed by atoms with Gasteiger partial charge in [0.1, 0.15) is 5.78 Å². The highest BCUT2D eigenvalue weighted by atomic mass is 16.5. The number of hydrogen-bond acceptors (Lipinski definition) is 4. The van der Waals surface area contributed by atoms with Crippen molar-refractivity contribution in [2.75, 3.05) is 7.11 Å². The molecule has 5 atom stereocenters. The van der Waals surface area contributed by atoms with Gasteiger partial charge in [0.15, 0.2) is 5.78 Å². The molecule has 4 rings (SSSR count). The Kier molecular flexibility index (Phi) is 3.87. The molecule has 0 unspecified atom stereocenters. The third-order valence-electron chi connectivity index (χ3n) is 7.49. The van der Waals surface area contributed by atoms with Crippen molar-refractivity contribution >= 4 is 17.5 Å². The lowest BCUT2D eigenvalue weighted by Crippen LogP contribution is -2.47. The first-order valence-corrected chi connectivity index (χ1v) is 9.54. The fourth-order valence-corrected chi connectivity index (χ4v) is 5.94. The SMILES string of the molecule is COC(=O)C[C@@H]1CC2=CC(=O)C=C[C@]2(C)C2=CC[C@]3(C)C(=O)CC[C@H]3[C@@H]21. The minimum Gasteiger partial charge on any atom is -0.469 e. The number of rotatable bonds is 2. The standard InChI is InChI=1S/C22H26O4/c1-21-8-6-15(23)12-14(21)10-13(11-19(25)26-3)20-16-4-5-18(24)22(16,2)9-7-17(20)21/h6-8,12-13,16,20H,4-5,9-11H2,1-3H3/t13-,16-,20-,21-,22-/m0/s1. The molecule has 0 aromatic heterocycles. The van der Waals surface area contributed by atoms with E-state index in [1.807, 2.05) is 6.08 Å². The minimum atomic E-state index is -0.311. The molecular weight excluding hydrogens is 328 g/mol. The van der Waals surface area contributed by atoms with Crippen molar-refractivity contribution in [3.63, 3.8) is 0 Å². The molecule has 0 aliphatic heterocycles. The van der Waals surface area contributed by atoms with Gasteiger partial charge in [-0.1, -0.05) is 30.2 Å². The number of Topliss-reactive ketones (excluding diaryl/α,β-unsaturated/α-hetero) is 1. The highest BCUT2D eigenvalue weighted by Crippen LogP contribution is 2.63. The van der Waals surface area contributed by atoms with Crippen LogP contribution < -0.4 is 0 Å². The molecule has 0 aromatic rings. The summed E-state index contributed by atoms with van der Waals surface area (Å²) in [5.41, 5.74) is 1.81. The molecule has 4 nitrogen and oxygen atoms in total. The lowest BCUT2D eigenvalue weighted by atomic mass is 9.50. The summed E-state index contributed by atoms with van der Waals surface area (Å²) in [5.74, 6) is 0.713. The first-order valence-electron chi connectivity index (χ1n) is 9.54. The molecule has 2 fully saturated rings. The molecule has 0 bridgehead atoms. The van der Waals surface area contributed by atoms with Crippen molar-refractivity contribution in [3.8, 4) is 0 Å². The van der Waals surface area contributed by atoms with Gasteiger partial charge in [-0.05, 0) is 56.1 Å². The largest absolute Gasteiger partial charge is 0.469 e.